The van der Waals surface area contributed by atoms with Gasteiger partial charge in [-0.3, -0.25) is 14.4 Å². The summed E-state index contributed by atoms with van der Waals surface area (Å²) in [7, 11) is 0. The molecule has 1 unspecified atom stereocenters. The van der Waals surface area contributed by atoms with Crippen LogP contribution < -0.4 is 5.32 Å². The number of carbonyl (C=O) groups is 3. The van der Waals surface area contributed by atoms with Crippen LogP contribution in [-0.2, 0) is 4.79 Å². The quantitative estimate of drug-likeness (QED) is 0.830. The van der Waals surface area contributed by atoms with Crippen molar-refractivity contribution in [2.75, 3.05) is 13.1 Å². The Hall–Kier alpha value is -3.18. The van der Waals surface area contributed by atoms with E-state index in [1.807, 2.05) is 12.1 Å². The Balaban J connectivity index is 1.82. The zero-order valence-electron chi connectivity index (χ0n) is 15.7. The summed E-state index contributed by atoms with van der Waals surface area (Å²) in [6.07, 6.45) is 0. The first-order valence-electron chi connectivity index (χ1n) is 9.43. The summed E-state index contributed by atoms with van der Waals surface area (Å²) >= 11 is 6.06. The molecular formula is C23H17ClN2O3. The van der Waals surface area contributed by atoms with Crippen molar-refractivity contribution < 1.29 is 14.4 Å². The smallest absolute Gasteiger partial charge is 0.210 e. The molecule has 0 radical (unpaired) electrons. The van der Waals surface area contributed by atoms with Crippen LogP contribution in [0, 0.1) is 0 Å². The van der Waals surface area contributed by atoms with Crippen molar-refractivity contribution in [3.63, 3.8) is 0 Å². The highest BCUT2D eigenvalue weighted by atomic mass is 35.5. The number of Topliss-reactive ketones (excluding diaryl/α,β-unsaturated/α-hetero) is 3. The number of carbonyl (C=O) groups excluding carboxylic acids is 3. The molecule has 2 heterocycles. The lowest BCUT2D eigenvalue weighted by Crippen LogP contribution is -2.40. The molecule has 0 spiro atoms. The number of rotatable bonds is 2. The van der Waals surface area contributed by atoms with E-state index in [9.17, 15) is 14.4 Å². The van der Waals surface area contributed by atoms with Gasteiger partial charge in [-0.05, 0) is 24.6 Å². The van der Waals surface area contributed by atoms with Gasteiger partial charge in [-0.25, -0.2) is 0 Å². The van der Waals surface area contributed by atoms with Crippen LogP contribution in [0.2, 0.25) is 5.02 Å². The fourth-order valence-electron chi connectivity index (χ4n) is 4.51. The van der Waals surface area contributed by atoms with E-state index in [-0.39, 0.29) is 17.3 Å². The van der Waals surface area contributed by atoms with Crippen molar-refractivity contribution in [1.82, 2.24) is 10.2 Å². The molecule has 0 aromatic heterocycles. The second kappa shape index (κ2) is 6.42. The molecule has 5 rings (SSSR count). The third kappa shape index (κ3) is 2.51. The van der Waals surface area contributed by atoms with Gasteiger partial charge in [0.2, 0.25) is 5.78 Å². The number of benzene rings is 2. The molecule has 2 aromatic carbocycles. The summed E-state index contributed by atoms with van der Waals surface area (Å²) in [5.74, 6) is -0.527. The predicted octanol–water partition coefficient (Wildman–Crippen LogP) is 3.48. The van der Waals surface area contributed by atoms with Crippen molar-refractivity contribution in [3.05, 3.63) is 92.9 Å². The molecule has 29 heavy (non-hydrogen) atoms. The van der Waals surface area contributed by atoms with E-state index in [0.29, 0.717) is 51.9 Å². The summed E-state index contributed by atoms with van der Waals surface area (Å²) in [5, 5.41) is 3.82. The van der Waals surface area contributed by atoms with Crippen LogP contribution in [0.4, 0.5) is 0 Å². The Kier molecular flexibility index (Phi) is 3.96. The van der Waals surface area contributed by atoms with Crippen LogP contribution in [0.5, 0.6) is 0 Å². The maximum absolute atomic E-state index is 13.6. The zero-order valence-corrected chi connectivity index (χ0v) is 16.4. The minimum Gasteiger partial charge on any atom is -0.369 e. The van der Waals surface area contributed by atoms with Gasteiger partial charge in [-0.1, -0.05) is 48.0 Å². The Labute approximate surface area is 172 Å². The van der Waals surface area contributed by atoms with E-state index in [2.05, 4.69) is 5.32 Å². The van der Waals surface area contributed by atoms with E-state index in [0.717, 1.165) is 5.56 Å². The Morgan fingerprint density at radius 2 is 1.69 bits per heavy atom. The molecule has 5 nitrogen and oxygen atoms in total. The second-order valence-corrected chi connectivity index (χ2v) is 7.78. The molecule has 0 bridgehead atoms. The minimum absolute atomic E-state index is 0.134. The number of hydrogen-bond acceptors (Lipinski definition) is 5. The maximum atomic E-state index is 13.6. The van der Waals surface area contributed by atoms with Gasteiger partial charge in [0.1, 0.15) is 5.82 Å². The van der Waals surface area contributed by atoms with Crippen LogP contribution >= 0.6 is 11.6 Å². The Morgan fingerprint density at radius 3 is 2.34 bits per heavy atom. The summed E-state index contributed by atoms with van der Waals surface area (Å²) in [6, 6.07) is 14.0. The highest BCUT2D eigenvalue weighted by Crippen LogP contribution is 2.46. The molecule has 1 fully saturated rings. The number of allylic oxidation sites excluding steroid dienone is 3. The first kappa shape index (κ1) is 17.9. The average Bonchev–Trinajstić information content (AvgIpc) is 3.20. The van der Waals surface area contributed by atoms with E-state index >= 15 is 0 Å². The number of nitrogens with zero attached hydrogens (tertiary/aromatic N) is 1. The average molecular weight is 405 g/mol. The number of hydrogen-bond donors (Lipinski definition) is 1. The maximum Gasteiger partial charge on any atom is 0.210 e. The lowest BCUT2D eigenvalue weighted by atomic mass is 9.72. The van der Waals surface area contributed by atoms with Crippen LogP contribution in [0.15, 0.2) is 71.2 Å². The topological polar surface area (TPSA) is 66.5 Å². The second-order valence-electron chi connectivity index (χ2n) is 7.35. The van der Waals surface area contributed by atoms with Crippen molar-refractivity contribution in [1.29, 1.82) is 0 Å². The molecule has 1 N–H and O–H groups in total. The van der Waals surface area contributed by atoms with Crippen LogP contribution in [0.1, 0.15) is 39.1 Å². The first-order valence-corrected chi connectivity index (χ1v) is 9.81. The summed E-state index contributed by atoms with van der Waals surface area (Å²) in [6.45, 7) is 2.62. The Bertz CT molecular complexity index is 1160. The fourth-order valence-corrected chi connectivity index (χ4v) is 4.64. The van der Waals surface area contributed by atoms with Crippen molar-refractivity contribution in [2.45, 2.75) is 12.8 Å². The standard InChI is InChI=1S/C23H17ClN2O3/c1-12(27)17-18(13-6-8-14(24)9-7-13)19-20(26-11-10-25-23(17)26)22(29)16-5-3-2-4-15(16)21(19)28/h2-9,18,25H,10-11H2,1H3. The van der Waals surface area contributed by atoms with E-state index < -0.39 is 5.92 Å². The molecule has 0 amide bonds. The Morgan fingerprint density at radius 1 is 1.03 bits per heavy atom. The largest absolute Gasteiger partial charge is 0.369 e. The molecule has 144 valence electrons. The monoisotopic (exact) mass is 404 g/mol. The molecular weight excluding hydrogens is 388 g/mol. The fraction of sp³-hybridized carbons (Fsp3) is 0.174. The van der Waals surface area contributed by atoms with Gasteiger partial charge in [0, 0.05) is 46.3 Å². The normalized spacial score (nSPS) is 20.3. The van der Waals surface area contributed by atoms with Gasteiger partial charge in [0.15, 0.2) is 11.6 Å². The van der Waals surface area contributed by atoms with Crippen molar-refractivity contribution in [3.8, 4) is 0 Å². The SMILES string of the molecule is CC(=O)C1=C2NCCN2C2=C(C(=O)c3ccccc3C2=O)C1c1ccc(Cl)cc1. The number of halogens is 1. The number of ketones is 3. The van der Waals surface area contributed by atoms with Gasteiger partial charge in [0.05, 0.1) is 5.70 Å². The molecule has 0 saturated carbocycles. The number of nitrogens with one attached hydrogen (secondary N) is 1. The molecule has 1 atom stereocenters. The third-order valence-electron chi connectivity index (χ3n) is 5.71. The molecule has 1 aliphatic carbocycles. The van der Waals surface area contributed by atoms with Gasteiger partial charge >= 0.3 is 0 Å². The predicted molar refractivity (Wildman–Crippen MR) is 109 cm³/mol. The van der Waals surface area contributed by atoms with Crippen LogP contribution in [0.3, 0.4) is 0 Å². The molecule has 2 aromatic rings. The zero-order chi connectivity index (χ0) is 20.3. The molecule has 1 saturated heterocycles. The number of fused-ring (bicyclic) bond motifs is 3. The van der Waals surface area contributed by atoms with Crippen molar-refractivity contribution in [2.24, 2.45) is 0 Å². The van der Waals surface area contributed by atoms with Gasteiger partial charge in [-0.15, -0.1) is 0 Å². The van der Waals surface area contributed by atoms with E-state index in [1.54, 1.807) is 41.3 Å². The first-order chi connectivity index (χ1) is 14.0. The molecule has 6 heteroatoms. The summed E-state index contributed by atoms with van der Waals surface area (Å²) in [5.41, 5.74) is 2.79. The molecule has 2 aliphatic heterocycles. The summed E-state index contributed by atoms with van der Waals surface area (Å²) < 4.78 is 0. The highest BCUT2D eigenvalue weighted by molar-refractivity contribution is 6.30. The van der Waals surface area contributed by atoms with Gasteiger partial charge in [0.25, 0.3) is 0 Å². The summed E-state index contributed by atoms with van der Waals surface area (Å²) in [4.78, 5) is 41.6. The van der Waals surface area contributed by atoms with Crippen molar-refractivity contribution >= 4 is 29.0 Å². The van der Waals surface area contributed by atoms with E-state index in [4.69, 9.17) is 11.6 Å². The van der Waals surface area contributed by atoms with Crippen LogP contribution in [-0.4, -0.2) is 35.3 Å². The highest BCUT2D eigenvalue weighted by Gasteiger charge is 2.47. The minimum atomic E-state index is -0.624. The lowest BCUT2D eigenvalue weighted by Gasteiger charge is -2.38. The van der Waals surface area contributed by atoms with E-state index in [1.165, 1.54) is 6.92 Å². The molecule has 3 aliphatic rings. The lowest BCUT2D eigenvalue weighted by molar-refractivity contribution is -0.114. The van der Waals surface area contributed by atoms with Gasteiger partial charge < -0.3 is 10.2 Å². The van der Waals surface area contributed by atoms with Crippen LogP contribution in [0.25, 0.3) is 0 Å². The van der Waals surface area contributed by atoms with Gasteiger partial charge in [-0.2, -0.15) is 0 Å². The third-order valence-corrected chi connectivity index (χ3v) is 5.97.